The molecule has 0 amide bonds. The van der Waals surface area contributed by atoms with Gasteiger partial charge in [-0.25, -0.2) is 0 Å². The van der Waals surface area contributed by atoms with Gasteiger partial charge in [-0.15, -0.1) is 34.8 Å². The fraction of sp³-hybridized carbons (Fsp3) is 1.00. The number of rotatable bonds is 9. The van der Waals surface area contributed by atoms with Crippen molar-refractivity contribution in [1.29, 1.82) is 0 Å². The van der Waals surface area contributed by atoms with Crippen molar-refractivity contribution >= 4 is 53.3 Å². The molecule has 104 valence electrons. The highest BCUT2D eigenvalue weighted by atomic mass is 35.5. The van der Waals surface area contributed by atoms with Gasteiger partial charge in [0.2, 0.25) is 0 Å². The van der Waals surface area contributed by atoms with Crippen LogP contribution in [-0.2, 0) is 25.4 Å². The third kappa shape index (κ3) is 11.0. The Morgan fingerprint density at radius 3 is 1.24 bits per heavy atom. The second-order valence-corrected chi connectivity index (χ2v) is 8.92. The Morgan fingerprint density at radius 1 is 0.824 bits per heavy atom. The largest absolute Gasteiger partial charge is 0.327 e. The molecule has 0 aliphatic heterocycles. The van der Waals surface area contributed by atoms with Gasteiger partial charge in [0.05, 0.1) is 36.0 Å². The highest BCUT2D eigenvalue weighted by molar-refractivity contribution is 8.07. The van der Waals surface area contributed by atoms with E-state index in [2.05, 4.69) is 0 Å². The molecule has 0 aromatic rings. The summed E-state index contributed by atoms with van der Waals surface area (Å²) in [6, 6.07) is 0. The van der Waals surface area contributed by atoms with Gasteiger partial charge in [0.1, 0.15) is 0 Å². The fourth-order valence-corrected chi connectivity index (χ4v) is 3.14. The average Bonchev–Trinajstić information content (AvgIpc) is 2.21. The molecule has 0 aromatic carbocycles. The Balaban J connectivity index is 4.29. The van der Waals surface area contributed by atoms with Gasteiger partial charge in [-0.3, -0.25) is 0 Å². The lowest BCUT2D eigenvalue weighted by Crippen LogP contribution is -2.12. The summed E-state index contributed by atoms with van der Waals surface area (Å²) in [6.45, 7) is 3.41. The number of hydrogen-bond acceptors (Lipinski definition) is 4. The van der Waals surface area contributed by atoms with Crippen LogP contribution in [0, 0.1) is 0 Å². The molecule has 3 nitrogen and oxygen atoms in total. The normalized spacial score (nSPS) is 20.6. The van der Waals surface area contributed by atoms with Crippen LogP contribution < -0.4 is 0 Å². The minimum Gasteiger partial charge on any atom is -0.307 e. The molecule has 0 fully saturated rings. The van der Waals surface area contributed by atoms with E-state index in [-0.39, 0.29) is 36.0 Å². The molecule has 0 radical (unpaired) electrons. The Morgan fingerprint density at radius 2 is 1.06 bits per heavy atom. The van der Waals surface area contributed by atoms with E-state index in [1.807, 2.05) is 0 Å². The Kier molecular flexibility index (Phi) is 10.1. The van der Waals surface area contributed by atoms with Crippen LogP contribution in [0.25, 0.3) is 0 Å². The van der Waals surface area contributed by atoms with Crippen LogP contribution >= 0.6 is 41.5 Å². The lowest BCUT2D eigenvalue weighted by molar-refractivity contribution is 0.159. The van der Waals surface area contributed by atoms with Crippen LogP contribution in [0.15, 0.2) is 0 Å². The van der Waals surface area contributed by atoms with Crippen LogP contribution in [0.3, 0.4) is 0 Å². The van der Waals surface area contributed by atoms with E-state index in [0.717, 1.165) is 0 Å². The number of alkyl halides is 3. The molecule has 0 saturated heterocycles. The molecule has 3 unspecified atom stereocenters. The molecule has 17 heavy (non-hydrogen) atoms. The monoisotopic (exact) mass is 342 g/mol. The van der Waals surface area contributed by atoms with Crippen molar-refractivity contribution in [1.82, 2.24) is 0 Å². The maximum atomic E-state index is 5.79. The van der Waals surface area contributed by atoms with Gasteiger partial charge in [-0.05, 0) is 32.6 Å². The van der Waals surface area contributed by atoms with Gasteiger partial charge in [-0.2, -0.15) is 0 Å². The Hall–Kier alpha value is 1.40. The van der Waals surface area contributed by atoms with E-state index in [0.29, 0.717) is 0 Å². The second-order valence-electron chi connectivity index (χ2n) is 3.68. The highest BCUT2D eigenvalue weighted by Crippen LogP contribution is 2.50. The maximum absolute atomic E-state index is 5.79. The molecule has 0 rings (SSSR count). The van der Waals surface area contributed by atoms with Crippen molar-refractivity contribution in [3.63, 3.8) is 0 Å². The lowest BCUT2D eigenvalue weighted by atomic mass is 10.5. The molecular weight excluding hydrogens is 325 g/mol. The zero-order valence-corrected chi connectivity index (χ0v) is 14.0. The lowest BCUT2D eigenvalue weighted by Gasteiger charge is -2.23. The molecular formula is C9H18Cl3O3PS. The molecule has 0 aliphatic rings. The summed E-state index contributed by atoms with van der Waals surface area (Å²) < 4.78 is 16.3. The molecule has 3 atom stereocenters. The minimum absolute atomic E-state index is 0.161. The maximum Gasteiger partial charge on any atom is 0.327 e. The van der Waals surface area contributed by atoms with Crippen molar-refractivity contribution in [3.8, 4) is 0 Å². The van der Waals surface area contributed by atoms with E-state index < -0.39 is 6.72 Å². The zero-order chi connectivity index (χ0) is 13.5. The first-order valence-corrected chi connectivity index (χ1v) is 9.07. The molecule has 0 aromatic heterocycles. The van der Waals surface area contributed by atoms with Crippen LogP contribution in [0.4, 0.5) is 0 Å². The standard InChI is InChI=1S/C9H18Cl3O3PS/c1-7(10)4-13-16(17,14-5-8(2)11)15-6-9(3)12/h7-9H,4-6H2,1-3H3. The molecule has 0 heterocycles. The van der Waals surface area contributed by atoms with Crippen LogP contribution in [0.5, 0.6) is 0 Å². The number of halogens is 3. The summed E-state index contributed by atoms with van der Waals surface area (Å²) >= 11 is 22.6. The first-order chi connectivity index (χ1) is 7.75. The van der Waals surface area contributed by atoms with Gasteiger partial charge >= 0.3 is 6.72 Å². The van der Waals surface area contributed by atoms with Crippen molar-refractivity contribution < 1.29 is 13.6 Å². The van der Waals surface area contributed by atoms with E-state index in [1.165, 1.54) is 0 Å². The number of hydrogen-bond donors (Lipinski definition) is 0. The third-order valence-corrected chi connectivity index (χ3v) is 4.11. The smallest absolute Gasteiger partial charge is 0.307 e. The molecule has 0 bridgehead atoms. The average molecular weight is 344 g/mol. The summed E-state index contributed by atoms with van der Waals surface area (Å²) in [5.41, 5.74) is 0. The van der Waals surface area contributed by atoms with Crippen LogP contribution in [0.1, 0.15) is 20.8 Å². The van der Waals surface area contributed by atoms with Crippen molar-refractivity contribution in [3.05, 3.63) is 0 Å². The van der Waals surface area contributed by atoms with E-state index in [9.17, 15) is 0 Å². The Labute approximate surface area is 123 Å². The summed E-state index contributed by atoms with van der Waals surface area (Å²) in [4.78, 5) is 0. The molecule has 0 spiro atoms. The van der Waals surface area contributed by atoms with Gasteiger partial charge in [0.15, 0.2) is 0 Å². The zero-order valence-electron chi connectivity index (χ0n) is 10.1. The summed E-state index contributed by atoms with van der Waals surface area (Å²) in [5, 5.41) is -0.482. The van der Waals surface area contributed by atoms with Gasteiger partial charge < -0.3 is 13.6 Å². The molecule has 8 heteroatoms. The predicted molar refractivity (Wildman–Crippen MR) is 78.1 cm³/mol. The van der Waals surface area contributed by atoms with E-state index in [1.54, 1.807) is 20.8 Å². The van der Waals surface area contributed by atoms with Crippen molar-refractivity contribution in [2.45, 2.75) is 36.9 Å². The quantitative estimate of drug-likeness (QED) is 0.464. The topological polar surface area (TPSA) is 27.7 Å². The molecule has 0 saturated carbocycles. The van der Waals surface area contributed by atoms with Gasteiger partial charge in [-0.1, -0.05) is 0 Å². The minimum atomic E-state index is -2.80. The van der Waals surface area contributed by atoms with Crippen molar-refractivity contribution in [2.75, 3.05) is 19.8 Å². The third-order valence-electron chi connectivity index (χ3n) is 1.39. The first-order valence-electron chi connectivity index (χ1n) is 5.21. The highest BCUT2D eigenvalue weighted by Gasteiger charge is 2.23. The summed E-state index contributed by atoms with van der Waals surface area (Å²) in [7, 11) is 0. The van der Waals surface area contributed by atoms with Gasteiger partial charge in [0, 0.05) is 0 Å². The summed E-state index contributed by atoms with van der Waals surface area (Å²) in [6.07, 6.45) is 0. The van der Waals surface area contributed by atoms with E-state index >= 15 is 0 Å². The molecule has 0 aliphatic carbocycles. The van der Waals surface area contributed by atoms with Crippen LogP contribution in [-0.4, -0.2) is 36.0 Å². The predicted octanol–water partition coefficient (Wildman–Crippen LogP) is 4.14. The van der Waals surface area contributed by atoms with Crippen molar-refractivity contribution in [2.24, 2.45) is 0 Å². The van der Waals surface area contributed by atoms with Crippen LogP contribution in [0.2, 0.25) is 0 Å². The molecule has 0 N–H and O–H groups in total. The Bertz CT molecular complexity index is 214. The van der Waals surface area contributed by atoms with Gasteiger partial charge in [0.25, 0.3) is 0 Å². The fourth-order valence-electron chi connectivity index (χ4n) is 0.694. The second kappa shape index (κ2) is 9.33. The first kappa shape index (κ1) is 18.4. The van der Waals surface area contributed by atoms with E-state index in [4.69, 9.17) is 60.2 Å². The SMILES string of the molecule is CC(Cl)COP(=S)(OCC(C)Cl)OCC(C)Cl. The summed E-state index contributed by atoms with van der Waals surface area (Å²) in [5.74, 6) is 0.